The lowest BCUT2D eigenvalue weighted by atomic mass is 10.0. The van der Waals surface area contributed by atoms with Gasteiger partial charge in [-0.05, 0) is 75.5 Å². The van der Waals surface area contributed by atoms with Gasteiger partial charge in [-0.15, -0.1) is 0 Å². The lowest BCUT2D eigenvalue weighted by Crippen LogP contribution is -2.12. The molecule has 0 aliphatic rings. The Morgan fingerprint density at radius 3 is 2.50 bits per heavy atom. The molecule has 0 aliphatic carbocycles. The zero-order valence-corrected chi connectivity index (χ0v) is 24.3. The molecule has 8 nitrogen and oxygen atoms in total. The van der Waals surface area contributed by atoms with Crippen LogP contribution in [0.1, 0.15) is 16.8 Å². The molecule has 0 fully saturated rings. The SMILES string of the molecule is C=C(Nc1cccc(Nc2ncc(C)c(-c3c(C)[nH]c4ccccc34)n2)c1)c1ccc(NC(=O)/C=C/CN(C)C)cc1. The zero-order valence-electron chi connectivity index (χ0n) is 24.3. The number of hydrogen-bond donors (Lipinski definition) is 4. The highest BCUT2D eigenvalue weighted by atomic mass is 16.1. The maximum Gasteiger partial charge on any atom is 0.248 e. The van der Waals surface area contributed by atoms with Crippen LogP contribution in [0.3, 0.4) is 0 Å². The Kier molecular flexibility index (Phi) is 8.45. The average molecular weight is 558 g/mol. The molecule has 0 radical (unpaired) electrons. The van der Waals surface area contributed by atoms with Gasteiger partial charge in [-0.1, -0.05) is 49.1 Å². The minimum Gasteiger partial charge on any atom is -0.358 e. The van der Waals surface area contributed by atoms with Crippen molar-refractivity contribution < 1.29 is 4.79 Å². The molecule has 0 spiro atoms. The molecule has 0 unspecified atom stereocenters. The van der Waals surface area contributed by atoms with Crippen molar-refractivity contribution in [2.24, 2.45) is 0 Å². The maximum atomic E-state index is 12.1. The van der Waals surface area contributed by atoms with Crippen LogP contribution >= 0.6 is 0 Å². The molecule has 0 bridgehead atoms. The molecule has 0 saturated heterocycles. The normalized spacial score (nSPS) is 11.3. The molecule has 5 rings (SSSR count). The van der Waals surface area contributed by atoms with Crippen molar-refractivity contribution in [2.75, 3.05) is 36.6 Å². The van der Waals surface area contributed by atoms with E-state index in [-0.39, 0.29) is 5.91 Å². The van der Waals surface area contributed by atoms with Gasteiger partial charge >= 0.3 is 0 Å². The summed E-state index contributed by atoms with van der Waals surface area (Å²) in [6.45, 7) is 9.01. The van der Waals surface area contributed by atoms with Crippen molar-refractivity contribution in [3.63, 3.8) is 0 Å². The van der Waals surface area contributed by atoms with E-state index in [0.29, 0.717) is 12.5 Å². The number of aryl methyl sites for hydroxylation is 2. The van der Waals surface area contributed by atoms with Crippen LogP contribution in [0.5, 0.6) is 0 Å². The van der Waals surface area contributed by atoms with E-state index in [1.54, 1.807) is 6.08 Å². The standard InChI is InChI=1S/C34H35N7O/c1-22-21-35-34(40-33(22)32-24(3)37-30-13-7-6-12-29(30)32)39-28-11-8-10-27(20-28)36-23(2)25-15-17-26(18-16-25)38-31(42)14-9-19-41(4)5/h6-18,20-21,36-37H,2,19H2,1,3-5H3,(H,38,42)(H,35,39,40)/b14-9+. The maximum absolute atomic E-state index is 12.1. The minimum atomic E-state index is -0.160. The highest BCUT2D eigenvalue weighted by Gasteiger charge is 2.15. The molecule has 3 aromatic carbocycles. The van der Waals surface area contributed by atoms with Crippen LogP contribution in [0.4, 0.5) is 23.0 Å². The first kappa shape index (κ1) is 28.3. The van der Waals surface area contributed by atoms with E-state index in [4.69, 9.17) is 4.98 Å². The van der Waals surface area contributed by atoms with Crippen molar-refractivity contribution in [1.29, 1.82) is 0 Å². The van der Waals surface area contributed by atoms with Gasteiger partial charge in [0.2, 0.25) is 11.9 Å². The highest BCUT2D eigenvalue weighted by Crippen LogP contribution is 2.33. The van der Waals surface area contributed by atoms with Crippen molar-refractivity contribution in [3.8, 4) is 11.3 Å². The van der Waals surface area contributed by atoms with E-state index < -0.39 is 0 Å². The Balaban J connectivity index is 1.26. The summed E-state index contributed by atoms with van der Waals surface area (Å²) in [7, 11) is 3.91. The number of aromatic amines is 1. The number of para-hydroxylation sites is 1. The van der Waals surface area contributed by atoms with Crippen LogP contribution in [0, 0.1) is 13.8 Å². The summed E-state index contributed by atoms with van der Waals surface area (Å²) < 4.78 is 0. The number of aromatic nitrogens is 3. The van der Waals surface area contributed by atoms with Crippen LogP contribution in [0.25, 0.3) is 27.9 Å². The van der Waals surface area contributed by atoms with Gasteiger partial charge < -0.3 is 25.8 Å². The van der Waals surface area contributed by atoms with Crippen molar-refractivity contribution in [2.45, 2.75) is 13.8 Å². The van der Waals surface area contributed by atoms with Crippen LogP contribution in [0.2, 0.25) is 0 Å². The van der Waals surface area contributed by atoms with Crippen LogP contribution in [-0.4, -0.2) is 46.4 Å². The molecular weight excluding hydrogens is 522 g/mol. The molecule has 5 aromatic rings. The second-order valence-electron chi connectivity index (χ2n) is 10.4. The molecule has 0 aliphatic heterocycles. The first-order chi connectivity index (χ1) is 20.3. The lowest BCUT2D eigenvalue weighted by molar-refractivity contribution is -0.111. The highest BCUT2D eigenvalue weighted by molar-refractivity contribution is 5.99. The van der Waals surface area contributed by atoms with E-state index in [9.17, 15) is 4.79 Å². The number of anilines is 4. The monoisotopic (exact) mass is 557 g/mol. The van der Waals surface area contributed by atoms with E-state index in [0.717, 1.165) is 61.7 Å². The van der Waals surface area contributed by atoms with Crippen molar-refractivity contribution >= 4 is 45.5 Å². The molecule has 212 valence electrons. The molecule has 0 atom stereocenters. The third-order valence-corrected chi connectivity index (χ3v) is 6.76. The van der Waals surface area contributed by atoms with Crippen molar-refractivity contribution in [3.05, 3.63) is 115 Å². The second kappa shape index (κ2) is 12.5. The van der Waals surface area contributed by atoms with Gasteiger partial charge in [0.15, 0.2) is 0 Å². The number of likely N-dealkylation sites (N-methyl/N-ethyl adjacent to an activating group) is 1. The molecule has 2 heterocycles. The van der Waals surface area contributed by atoms with E-state index >= 15 is 0 Å². The minimum absolute atomic E-state index is 0.160. The van der Waals surface area contributed by atoms with Gasteiger partial charge in [-0.25, -0.2) is 9.97 Å². The summed E-state index contributed by atoms with van der Waals surface area (Å²) in [5.41, 5.74) is 9.23. The van der Waals surface area contributed by atoms with Crippen molar-refractivity contribution in [1.82, 2.24) is 19.9 Å². The summed E-state index contributed by atoms with van der Waals surface area (Å²) in [5, 5.41) is 10.7. The predicted octanol–water partition coefficient (Wildman–Crippen LogP) is 7.12. The Morgan fingerprint density at radius 1 is 0.952 bits per heavy atom. The summed E-state index contributed by atoms with van der Waals surface area (Å²) in [5.74, 6) is 0.359. The Labute approximate surface area is 246 Å². The number of H-pyrrole nitrogens is 1. The topological polar surface area (TPSA) is 98.0 Å². The number of carbonyl (C=O) groups is 1. The summed E-state index contributed by atoms with van der Waals surface area (Å²) in [6.07, 6.45) is 5.22. The third kappa shape index (κ3) is 6.74. The first-order valence-electron chi connectivity index (χ1n) is 13.7. The zero-order chi connectivity index (χ0) is 29.6. The van der Waals surface area contributed by atoms with Gasteiger partial charge in [-0.2, -0.15) is 0 Å². The fourth-order valence-electron chi connectivity index (χ4n) is 4.70. The van der Waals surface area contributed by atoms with E-state index in [2.05, 4.69) is 51.6 Å². The number of rotatable bonds is 10. The number of amides is 1. The number of hydrogen-bond acceptors (Lipinski definition) is 6. The quantitative estimate of drug-likeness (QED) is 0.136. The van der Waals surface area contributed by atoms with Gasteiger partial charge in [0, 0.05) is 63.7 Å². The van der Waals surface area contributed by atoms with Crippen LogP contribution < -0.4 is 16.0 Å². The number of nitrogens with one attached hydrogen (secondary N) is 4. The Morgan fingerprint density at radius 2 is 1.71 bits per heavy atom. The Bertz CT molecular complexity index is 1770. The number of fused-ring (bicyclic) bond motifs is 1. The second-order valence-corrected chi connectivity index (χ2v) is 10.4. The number of carbonyl (C=O) groups excluding carboxylic acids is 1. The molecule has 8 heteroatoms. The largest absolute Gasteiger partial charge is 0.358 e. The average Bonchev–Trinajstić information content (AvgIpc) is 3.30. The third-order valence-electron chi connectivity index (χ3n) is 6.76. The molecule has 1 amide bonds. The molecule has 2 aromatic heterocycles. The predicted molar refractivity (Wildman–Crippen MR) is 174 cm³/mol. The lowest BCUT2D eigenvalue weighted by Gasteiger charge is -2.13. The van der Waals surface area contributed by atoms with E-state index in [1.165, 1.54) is 0 Å². The van der Waals surface area contributed by atoms with Gasteiger partial charge in [-0.3, -0.25) is 4.79 Å². The van der Waals surface area contributed by atoms with Crippen LogP contribution in [0.15, 0.2) is 97.7 Å². The smallest absolute Gasteiger partial charge is 0.248 e. The van der Waals surface area contributed by atoms with Crippen LogP contribution in [-0.2, 0) is 4.79 Å². The Hall–Kier alpha value is -5.21. The summed E-state index contributed by atoms with van der Waals surface area (Å²) in [4.78, 5) is 27.0. The molecular formula is C34H35N7O. The summed E-state index contributed by atoms with van der Waals surface area (Å²) in [6, 6.07) is 23.7. The first-order valence-corrected chi connectivity index (χ1v) is 13.7. The molecule has 4 N–H and O–H groups in total. The fourth-order valence-corrected chi connectivity index (χ4v) is 4.70. The van der Waals surface area contributed by atoms with Gasteiger partial charge in [0.1, 0.15) is 0 Å². The number of benzene rings is 3. The van der Waals surface area contributed by atoms with Gasteiger partial charge in [0.25, 0.3) is 0 Å². The molecule has 0 saturated carbocycles. The fraction of sp³-hybridized carbons (Fsp3) is 0.147. The number of nitrogens with zero attached hydrogens (tertiary/aromatic N) is 3. The summed E-state index contributed by atoms with van der Waals surface area (Å²) >= 11 is 0. The molecule has 42 heavy (non-hydrogen) atoms. The van der Waals surface area contributed by atoms with E-state index in [1.807, 2.05) is 98.9 Å². The van der Waals surface area contributed by atoms with Gasteiger partial charge in [0.05, 0.1) is 5.69 Å².